The van der Waals surface area contributed by atoms with Gasteiger partial charge < -0.3 is 5.32 Å². The minimum Gasteiger partial charge on any atom is -0.353 e. The lowest BCUT2D eigenvalue weighted by Gasteiger charge is -2.04. The van der Waals surface area contributed by atoms with Crippen LogP contribution in [-0.4, -0.2) is 37.7 Å². The Morgan fingerprint density at radius 1 is 1.24 bits per heavy atom. The summed E-state index contributed by atoms with van der Waals surface area (Å²) < 4.78 is 0. The van der Waals surface area contributed by atoms with E-state index in [1.54, 1.807) is 24.2 Å². The largest absolute Gasteiger partial charge is 0.353 e. The van der Waals surface area contributed by atoms with Crippen molar-refractivity contribution < 1.29 is 0 Å². The summed E-state index contributed by atoms with van der Waals surface area (Å²) in [6, 6.07) is 5.79. The average Bonchev–Trinajstić information content (AvgIpc) is 2.89. The monoisotopic (exact) mass is 302 g/mol. The first-order valence-electron chi connectivity index (χ1n) is 6.54. The zero-order valence-electron chi connectivity index (χ0n) is 11.2. The van der Waals surface area contributed by atoms with Gasteiger partial charge in [0.05, 0.1) is 23.3 Å². The van der Waals surface area contributed by atoms with Gasteiger partial charge in [-0.15, -0.1) is 16.9 Å². The zero-order valence-corrected chi connectivity index (χ0v) is 12.0. The highest BCUT2D eigenvalue weighted by atomic mass is 32.2. The van der Waals surface area contributed by atoms with Crippen molar-refractivity contribution in [3.05, 3.63) is 40.9 Å². The fourth-order valence-electron chi connectivity index (χ4n) is 1.90. The summed E-state index contributed by atoms with van der Waals surface area (Å²) >= 11 is 1.75. The molecule has 7 nitrogen and oxygen atoms in total. The minimum atomic E-state index is -0.0813. The Morgan fingerprint density at radius 3 is 3.05 bits per heavy atom. The van der Waals surface area contributed by atoms with Gasteiger partial charge in [0, 0.05) is 11.4 Å². The van der Waals surface area contributed by atoms with Crippen molar-refractivity contribution >= 4 is 28.6 Å². The van der Waals surface area contributed by atoms with Crippen LogP contribution >= 0.6 is 11.8 Å². The second-order valence-corrected chi connectivity index (χ2v) is 5.55. The molecule has 0 fully saturated rings. The van der Waals surface area contributed by atoms with Gasteiger partial charge in [0.1, 0.15) is 0 Å². The Labute approximate surface area is 124 Å². The van der Waals surface area contributed by atoms with Crippen LogP contribution in [0.25, 0.3) is 10.9 Å². The van der Waals surface area contributed by atoms with Crippen molar-refractivity contribution in [2.75, 3.05) is 17.6 Å². The highest BCUT2D eigenvalue weighted by Gasteiger charge is 2.02. The first-order chi connectivity index (χ1) is 10.3. The summed E-state index contributed by atoms with van der Waals surface area (Å²) in [4.78, 5) is 16.6. The molecule has 2 heterocycles. The third-order valence-electron chi connectivity index (χ3n) is 2.90. The molecule has 21 heavy (non-hydrogen) atoms. The molecule has 3 rings (SSSR count). The molecule has 0 spiro atoms. The third kappa shape index (κ3) is 3.40. The van der Waals surface area contributed by atoms with Gasteiger partial charge in [-0.3, -0.25) is 15.0 Å². The van der Waals surface area contributed by atoms with Gasteiger partial charge in [0.25, 0.3) is 5.56 Å². The number of rotatable bonds is 6. The van der Waals surface area contributed by atoms with Crippen LogP contribution < -0.4 is 10.9 Å². The summed E-state index contributed by atoms with van der Waals surface area (Å²) in [7, 11) is 0. The van der Waals surface area contributed by atoms with Gasteiger partial charge >= 0.3 is 0 Å². The van der Waals surface area contributed by atoms with E-state index in [1.165, 1.54) is 0 Å². The summed E-state index contributed by atoms with van der Waals surface area (Å²) in [5.41, 5.74) is 0.758. The van der Waals surface area contributed by atoms with Crippen LogP contribution in [0.5, 0.6) is 0 Å². The van der Waals surface area contributed by atoms with Crippen molar-refractivity contribution in [2.24, 2.45) is 0 Å². The Bertz CT molecular complexity index is 769. The molecule has 0 radical (unpaired) electrons. The van der Waals surface area contributed by atoms with Gasteiger partial charge in [0.15, 0.2) is 0 Å². The van der Waals surface area contributed by atoms with Gasteiger partial charge in [-0.25, -0.2) is 4.98 Å². The normalized spacial score (nSPS) is 10.9. The van der Waals surface area contributed by atoms with E-state index in [0.717, 1.165) is 29.1 Å². The van der Waals surface area contributed by atoms with Crippen molar-refractivity contribution in [3.8, 4) is 0 Å². The SMILES string of the molecule is O=c1[nH][nH]c2cc(SCCCNc3nccnn3)ccc12. The lowest BCUT2D eigenvalue weighted by atomic mass is 10.2. The number of H-pyrrole nitrogens is 2. The molecule has 0 saturated carbocycles. The van der Waals surface area contributed by atoms with Crippen LogP contribution in [0.4, 0.5) is 5.95 Å². The van der Waals surface area contributed by atoms with Crippen LogP contribution in [0.1, 0.15) is 6.42 Å². The van der Waals surface area contributed by atoms with Crippen LogP contribution in [0, 0.1) is 0 Å². The summed E-state index contributed by atoms with van der Waals surface area (Å²) in [5, 5.41) is 16.9. The molecule has 0 amide bonds. The molecule has 8 heteroatoms. The number of aromatic nitrogens is 5. The number of hydrogen-bond acceptors (Lipinski definition) is 6. The van der Waals surface area contributed by atoms with Crippen LogP contribution in [0.15, 0.2) is 40.3 Å². The first kappa shape index (κ1) is 13.6. The maximum absolute atomic E-state index is 11.4. The average molecular weight is 302 g/mol. The fourth-order valence-corrected chi connectivity index (χ4v) is 2.79. The number of nitrogens with zero attached hydrogens (tertiary/aromatic N) is 3. The van der Waals surface area contributed by atoms with E-state index >= 15 is 0 Å². The molecule has 0 unspecified atom stereocenters. The van der Waals surface area contributed by atoms with Crippen LogP contribution in [0.3, 0.4) is 0 Å². The number of nitrogens with one attached hydrogen (secondary N) is 3. The van der Waals surface area contributed by atoms with E-state index in [0.29, 0.717) is 11.3 Å². The second-order valence-electron chi connectivity index (χ2n) is 4.38. The van der Waals surface area contributed by atoms with Crippen molar-refractivity contribution in [1.82, 2.24) is 25.4 Å². The molecule has 0 aliphatic carbocycles. The molecule has 1 aromatic carbocycles. The van der Waals surface area contributed by atoms with E-state index in [4.69, 9.17) is 0 Å². The maximum atomic E-state index is 11.4. The Balaban J connectivity index is 1.47. The van der Waals surface area contributed by atoms with Gasteiger partial charge in [-0.1, -0.05) is 0 Å². The fraction of sp³-hybridized carbons (Fsp3) is 0.231. The third-order valence-corrected chi connectivity index (χ3v) is 3.98. The number of benzene rings is 1. The molecule has 0 aliphatic heterocycles. The Hall–Kier alpha value is -2.35. The lowest BCUT2D eigenvalue weighted by Crippen LogP contribution is -2.06. The number of fused-ring (bicyclic) bond motifs is 1. The molecular weight excluding hydrogens is 288 g/mol. The van der Waals surface area contributed by atoms with Gasteiger partial charge in [0.2, 0.25) is 5.95 Å². The molecule has 3 N–H and O–H groups in total. The highest BCUT2D eigenvalue weighted by molar-refractivity contribution is 7.99. The Morgan fingerprint density at radius 2 is 2.19 bits per heavy atom. The number of hydrogen-bond donors (Lipinski definition) is 3. The Kier molecular flexibility index (Phi) is 4.15. The van der Waals surface area contributed by atoms with E-state index < -0.39 is 0 Å². The van der Waals surface area contributed by atoms with Crippen LogP contribution in [0.2, 0.25) is 0 Å². The van der Waals surface area contributed by atoms with E-state index in [-0.39, 0.29) is 5.56 Å². The molecular formula is C13H14N6OS. The van der Waals surface area contributed by atoms with Gasteiger partial charge in [-0.2, -0.15) is 5.10 Å². The molecule has 3 aromatic rings. The van der Waals surface area contributed by atoms with Crippen LogP contribution in [-0.2, 0) is 0 Å². The molecule has 0 saturated heterocycles. The standard InChI is InChI=1S/C13H14N6OS/c20-12-10-3-2-9(8-11(10)17-18-12)21-7-1-4-14-13-15-5-6-16-19-13/h2-3,5-6,8H,1,4,7H2,(H,14,15,19)(H2,17,18,20). The van der Waals surface area contributed by atoms with E-state index in [1.807, 2.05) is 18.2 Å². The topological polar surface area (TPSA) is 99.3 Å². The molecule has 0 atom stereocenters. The predicted molar refractivity (Wildman–Crippen MR) is 82.6 cm³/mol. The molecule has 0 aliphatic rings. The molecule has 0 bridgehead atoms. The quantitative estimate of drug-likeness (QED) is 0.473. The predicted octanol–water partition coefficient (Wildman–Crippen LogP) is 1.64. The van der Waals surface area contributed by atoms with E-state index in [2.05, 4.69) is 30.7 Å². The highest BCUT2D eigenvalue weighted by Crippen LogP contribution is 2.21. The first-order valence-corrected chi connectivity index (χ1v) is 7.52. The summed E-state index contributed by atoms with van der Waals surface area (Å²) in [6.07, 6.45) is 4.13. The molecule has 108 valence electrons. The number of thioether (sulfide) groups is 1. The van der Waals surface area contributed by atoms with Gasteiger partial charge in [-0.05, 0) is 30.4 Å². The minimum absolute atomic E-state index is 0.0813. The summed E-state index contributed by atoms with van der Waals surface area (Å²) in [6.45, 7) is 0.794. The second kappa shape index (κ2) is 6.40. The smallest absolute Gasteiger partial charge is 0.271 e. The van der Waals surface area contributed by atoms with Crippen molar-refractivity contribution in [2.45, 2.75) is 11.3 Å². The van der Waals surface area contributed by atoms with E-state index in [9.17, 15) is 4.79 Å². The molecule has 2 aromatic heterocycles. The van der Waals surface area contributed by atoms with Crippen molar-refractivity contribution in [3.63, 3.8) is 0 Å². The number of aromatic amines is 2. The van der Waals surface area contributed by atoms with Crippen molar-refractivity contribution in [1.29, 1.82) is 0 Å². The zero-order chi connectivity index (χ0) is 14.5. The maximum Gasteiger partial charge on any atom is 0.271 e. The summed E-state index contributed by atoms with van der Waals surface area (Å²) in [5.74, 6) is 1.52. The lowest BCUT2D eigenvalue weighted by molar-refractivity contribution is 0.916. The number of anilines is 1.